The van der Waals surface area contributed by atoms with Crippen LogP contribution in [0.2, 0.25) is 0 Å². The van der Waals surface area contributed by atoms with Gasteiger partial charge in [-0.2, -0.15) is 4.31 Å². The van der Waals surface area contributed by atoms with Gasteiger partial charge in [-0.15, -0.1) is 0 Å². The molecule has 0 radical (unpaired) electrons. The first-order valence-electron chi connectivity index (χ1n) is 3.68. The van der Waals surface area contributed by atoms with E-state index >= 15 is 0 Å². The smallest absolute Gasteiger partial charge is 0.212 e. The molecule has 0 aliphatic carbocycles. The van der Waals surface area contributed by atoms with Crippen LogP contribution in [0.25, 0.3) is 0 Å². The molecular formula is C7H17NO2S. The van der Waals surface area contributed by atoms with E-state index in [9.17, 15) is 8.42 Å². The first-order chi connectivity index (χ1) is 4.72. The summed E-state index contributed by atoms with van der Waals surface area (Å²) in [7, 11) is -1.41. The maximum absolute atomic E-state index is 11.3. The minimum atomic E-state index is -3.02. The lowest BCUT2D eigenvalue weighted by molar-refractivity contribution is 0.292. The van der Waals surface area contributed by atoms with Gasteiger partial charge in [0.1, 0.15) is 0 Å². The van der Waals surface area contributed by atoms with Crippen LogP contribution in [0.15, 0.2) is 0 Å². The van der Waals surface area contributed by atoms with E-state index in [1.54, 1.807) is 14.0 Å². The maximum Gasteiger partial charge on any atom is 0.214 e. The molecule has 0 saturated heterocycles. The summed E-state index contributed by atoms with van der Waals surface area (Å²) < 4.78 is 23.9. The zero-order valence-electron chi connectivity index (χ0n) is 7.88. The molecule has 3 nitrogen and oxygen atoms in total. The van der Waals surface area contributed by atoms with Crippen LogP contribution in [0.3, 0.4) is 0 Å². The first-order valence-corrected chi connectivity index (χ1v) is 5.29. The summed E-state index contributed by atoms with van der Waals surface area (Å²) in [6, 6.07) is 0. The van der Waals surface area contributed by atoms with Gasteiger partial charge >= 0.3 is 0 Å². The van der Waals surface area contributed by atoms with Crippen molar-refractivity contribution in [3.8, 4) is 0 Å². The van der Waals surface area contributed by atoms with Gasteiger partial charge in [0.15, 0.2) is 0 Å². The van der Waals surface area contributed by atoms with E-state index in [0.717, 1.165) is 0 Å². The zero-order valence-corrected chi connectivity index (χ0v) is 8.70. The molecule has 0 aromatic heterocycles. The third-order valence-corrected chi connectivity index (χ3v) is 3.84. The molecule has 0 aromatic carbocycles. The Kier molecular flexibility index (Phi) is 3.08. The Hall–Kier alpha value is -0.0900. The Morgan fingerprint density at radius 2 is 1.64 bits per heavy atom. The summed E-state index contributed by atoms with van der Waals surface area (Å²) in [6.45, 7) is 7.28. The van der Waals surface area contributed by atoms with Gasteiger partial charge in [0.25, 0.3) is 0 Å². The van der Waals surface area contributed by atoms with Crippen LogP contribution >= 0.6 is 0 Å². The van der Waals surface area contributed by atoms with E-state index in [0.29, 0.717) is 0 Å². The molecule has 11 heavy (non-hydrogen) atoms. The van der Waals surface area contributed by atoms with E-state index in [2.05, 4.69) is 0 Å². The molecule has 0 heterocycles. The van der Waals surface area contributed by atoms with Crippen LogP contribution in [0.4, 0.5) is 0 Å². The van der Waals surface area contributed by atoms with Crippen molar-refractivity contribution < 1.29 is 8.42 Å². The molecule has 0 saturated carbocycles. The van der Waals surface area contributed by atoms with Crippen LogP contribution < -0.4 is 0 Å². The minimum absolute atomic E-state index is 0.167. The molecule has 0 spiro atoms. The largest absolute Gasteiger partial charge is 0.214 e. The zero-order chi connectivity index (χ0) is 9.28. The Balaban J connectivity index is 4.64. The molecule has 0 aliphatic heterocycles. The molecule has 0 atom stereocenters. The molecule has 0 bridgehead atoms. The molecular weight excluding hydrogens is 162 g/mol. The third kappa shape index (κ3) is 2.79. The number of sulfonamides is 1. The van der Waals surface area contributed by atoms with Crippen LogP contribution in [0.5, 0.6) is 0 Å². The van der Waals surface area contributed by atoms with E-state index in [1.807, 2.05) is 20.8 Å². The predicted molar refractivity (Wildman–Crippen MR) is 47.0 cm³/mol. The lowest BCUT2D eigenvalue weighted by Crippen LogP contribution is -2.43. The summed E-state index contributed by atoms with van der Waals surface area (Å²) in [6.07, 6.45) is 0. The van der Waals surface area contributed by atoms with Gasteiger partial charge in [-0.25, -0.2) is 8.42 Å². The topological polar surface area (TPSA) is 37.4 Å². The summed E-state index contributed by atoms with van der Waals surface area (Å²) in [5.41, 5.74) is -0.311. The van der Waals surface area contributed by atoms with Gasteiger partial charge < -0.3 is 0 Å². The quantitative estimate of drug-likeness (QED) is 0.636. The predicted octanol–water partition coefficient (Wildman–Crippen LogP) is 1.07. The molecule has 0 unspecified atom stereocenters. The normalized spacial score (nSPS) is 14.0. The second-order valence-corrected chi connectivity index (χ2v) is 5.83. The van der Waals surface area contributed by atoms with E-state index in [1.165, 1.54) is 4.31 Å². The number of nitrogens with zero attached hydrogens (tertiary/aromatic N) is 1. The highest BCUT2D eigenvalue weighted by Gasteiger charge is 2.26. The Morgan fingerprint density at radius 1 is 1.27 bits per heavy atom. The minimum Gasteiger partial charge on any atom is -0.212 e. The number of rotatable bonds is 2. The van der Waals surface area contributed by atoms with Crippen LogP contribution in [0.1, 0.15) is 27.7 Å². The third-order valence-electron chi connectivity index (χ3n) is 1.73. The molecule has 0 fully saturated rings. The summed E-state index contributed by atoms with van der Waals surface area (Å²) in [5, 5.41) is 0. The first kappa shape index (κ1) is 10.9. The van der Waals surface area contributed by atoms with E-state index < -0.39 is 10.0 Å². The lowest BCUT2D eigenvalue weighted by atomic mass is 10.1. The molecule has 0 aromatic rings. The van der Waals surface area contributed by atoms with Crippen LogP contribution in [0, 0.1) is 0 Å². The molecule has 0 amide bonds. The van der Waals surface area contributed by atoms with E-state index in [4.69, 9.17) is 0 Å². The van der Waals surface area contributed by atoms with Crippen molar-refractivity contribution in [2.24, 2.45) is 0 Å². The van der Waals surface area contributed by atoms with Crippen molar-refractivity contribution in [1.29, 1.82) is 0 Å². The Bertz CT molecular complexity index is 213. The fourth-order valence-corrected chi connectivity index (χ4v) is 1.83. The lowest BCUT2D eigenvalue weighted by Gasteiger charge is -2.30. The van der Waals surface area contributed by atoms with Crippen LogP contribution in [-0.4, -0.2) is 31.1 Å². The highest BCUT2D eigenvalue weighted by molar-refractivity contribution is 7.89. The van der Waals surface area contributed by atoms with Gasteiger partial charge in [0.05, 0.1) is 5.75 Å². The van der Waals surface area contributed by atoms with Gasteiger partial charge in [0.2, 0.25) is 10.0 Å². The second kappa shape index (κ2) is 3.11. The van der Waals surface area contributed by atoms with Crippen molar-refractivity contribution in [1.82, 2.24) is 4.31 Å². The average molecular weight is 179 g/mol. The maximum atomic E-state index is 11.3. The van der Waals surface area contributed by atoms with E-state index in [-0.39, 0.29) is 11.3 Å². The Morgan fingerprint density at radius 3 is 1.73 bits per heavy atom. The fraction of sp³-hybridized carbons (Fsp3) is 1.00. The van der Waals surface area contributed by atoms with Gasteiger partial charge in [-0.1, -0.05) is 0 Å². The van der Waals surface area contributed by atoms with Gasteiger partial charge in [-0.05, 0) is 27.7 Å². The summed E-state index contributed by atoms with van der Waals surface area (Å²) >= 11 is 0. The fourth-order valence-electron chi connectivity index (χ4n) is 0.611. The number of hydrogen-bond donors (Lipinski definition) is 0. The second-order valence-electron chi connectivity index (χ2n) is 3.54. The van der Waals surface area contributed by atoms with Gasteiger partial charge in [-0.3, -0.25) is 0 Å². The molecule has 4 heteroatoms. The average Bonchev–Trinajstić information content (AvgIpc) is 1.84. The monoisotopic (exact) mass is 179 g/mol. The number of hydrogen-bond acceptors (Lipinski definition) is 2. The van der Waals surface area contributed by atoms with Crippen molar-refractivity contribution in [2.45, 2.75) is 33.2 Å². The van der Waals surface area contributed by atoms with Crippen molar-refractivity contribution >= 4 is 10.0 Å². The SMILES string of the molecule is CCS(=O)(=O)N(C)C(C)(C)C. The van der Waals surface area contributed by atoms with Crippen molar-refractivity contribution in [2.75, 3.05) is 12.8 Å². The highest BCUT2D eigenvalue weighted by Crippen LogP contribution is 2.14. The molecule has 0 N–H and O–H groups in total. The molecule has 68 valence electrons. The molecule has 0 aliphatic rings. The van der Waals surface area contributed by atoms with Crippen molar-refractivity contribution in [3.63, 3.8) is 0 Å². The standard InChI is InChI=1S/C7H17NO2S/c1-6-11(9,10)8(5)7(2,3)4/h6H2,1-5H3. The summed E-state index contributed by atoms with van der Waals surface area (Å²) in [5.74, 6) is 0.167. The van der Waals surface area contributed by atoms with Gasteiger partial charge in [0, 0.05) is 12.6 Å². The van der Waals surface area contributed by atoms with Crippen molar-refractivity contribution in [3.05, 3.63) is 0 Å². The highest BCUT2D eigenvalue weighted by atomic mass is 32.2. The molecule has 0 rings (SSSR count). The Labute approximate surface area is 69.4 Å². The van der Waals surface area contributed by atoms with Crippen LogP contribution in [-0.2, 0) is 10.0 Å². The summed E-state index contributed by atoms with van der Waals surface area (Å²) in [4.78, 5) is 0.